The summed E-state index contributed by atoms with van der Waals surface area (Å²) in [5, 5.41) is 120. The third-order valence-corrected chi connectivity index (χ3v) is 7.23. The first-order chi connectivity index (χ1) is 19.7. The van der Waals surface area contributed by atoms with E-state index in [1.165, 1.54) is 48.5 Å². The van der Waals surface area contributed by atoms with Crippen LogP contribution in [0.4, 0.5) is 0 Å². The maximum Gasteiger partial charge on any atom is 0.200 e. The minimum Gasteiger partial charge on any atom is -0.504 e. The van der Waals surface area contributed by atoms with Gasteiger partial charge in [-0.05, 0) is 108 Å². The molecule has 12 nitrogen and oxygen atoms in total. The van der Waals surface area contributed by atoms with Crippen molar-refractivity contribution in [3.63, 3.8) is 0 Å². The standard InChI is InChI=1S/C30H30O12/c31-19-5-13(6-20(32)27(19)39)1-2-16(3-14-7-21(33)28(40)22(34)8-14)18(17-11-25(37)30(42)26(38)12-17)4-15-9-23(35)29(41)24(36)10-15/h5-12,16,18,31-42H,1-4H2/t16-,18-/m0/s1. The number of hydrogen-bond acceptors (Lipinski definition) is 12. The van der Waals surface area contributed by atoms with Crippen LogP contribution in [0.15, 0.2) is 48.5 Å². The predicted molar refractivity (Wildman–Crippen MR) is 148 cm³/mol. The van der Waals surface area contributed by atoms with Crippen LogP contribution >= 0.6 is 0 Å². The highest BCUT2D eigenvalue weighted by molar-refractivity contribution is 5.55. The number of phenols is 12. The minimum atomic E-state index is -0.752. The first kappa shape index (κ1) is 29.5. The van der Waals surface area contributed by atoms with Crippen molar-refractivity contribution in [2.45, 2.75) is 31.6 Å². The summed E-state index contributed by atoms with van der Waals surface area (Å²) in [5.74, 6) is -8.82. The van der Waals surface area contributed by atoms with Gasteiger partial charge in [0.2, 0.25) is 0 Å². The van der Waals surface area contributed by atoms with Crippen molar-refractivity contribution < 1.29 is 61.3 Å². The third kappa shape index (κ3) is 6.12. The van der Waals surface area contributed by atoms with E-state index in [0.29, 0.717) is 22.3 Å². The zero-order valence-electron chi connectivity index (χ0n) is 22.0. The fourth-order valence-electron chi connectivity index (χ4n) is 5.11. The van der Waals surface area contributed by atoms with Gasteiger partial charge in [0, 0.05) is 0 Å². The highest BCUT2D eigenvalue weighted by Gasteiger charge is 2.28. The zero-order valence-corrected chi connectivity index (χ0v) is 22.0. The Morgan fingerprint density at radius 1 is 0.381 bits per heavy atom. The molecule has 0 heterocycles. The monoisotopic (exact) mass is 582 g/mol. The van der Waals surface area contributed by atoms with E-state index >= 15 is 0 Å². The molecule has 2 atom stereocenters. The zero-order chi connectivity index (χ0) is 30.9. The number of aromatic hydroxyl groups is 12. The molecule has 0 saturated carbocycles. The van der Waals surface area contributed by atoms with E-state index in [9.17, 15) is 61.3 Å². The molecule has 0 aliphatic carbocycles. The van der Waals surface area contributed by atoms with Crippen LogP contribution < -0.4 is 0 Å². The molecule has 4 aromatic rings. The van der Waals surface area contributed by atoms with Crippen LogP contribution in [0.3, 0.4) is 0 Å². The molecule has 0 aromatic heterocycles. The van der Waals surface area contributed by atoms with Gasteiger partial charge in [0.25, 0.3) is 0 Å². The molecule has 0 bridgehead atoms. The van der Waals surface area contributed by atoms with E-state index in [1.54, 1.807) is 0 Å². The van der Waals surface area contributed by atoms with Crippen LogP contribution in [0.25, 0.3) is 0 Å². The fourth-order valence-corrected chi connectivity index (χ4v) is 5.11. The van der Waals surface area contributed by atoms with Crippen molar-refractivity contribution in [3.05, 3.63) is 70.8 Å². The molecule has 0 aliphatic rings. The molecule has 12 N–H and O–H groups in total. The van der Waals surface area contributed by atoms with Gasteiger partial charge in [-0.1, -0.05) is 0 Å². The predicted octanol–water partition coefficient (Wildman–Crippen LogP) is 3.97. The average molecular weight is 583 g/mol. The summed E-state index contributed by atoms with van der Waals surface area (Å²) in [4.78, 5) is 0. The summed E-state index contributed by atoms with van der Waals surface area (Å²) in [6, 6.07) is 9.86. The van der Waals surface area contributed by atoms with Crippen LogP contribution in [-0.4, -0.2) is 61.3 Å². The first-order valence-corrected chi connectivity index (χ1v) is 12.7. The molecule has 0 aliphatic heterocycles. The lowest BCUT2D eigenvalue weighted by atomic mass is 9.75. The van der Waals surface area contributed by atoms with Crippen LogP contribution in [0.5, 0.6) is 69.0 Å². The van der Waals surface area contributed by atoms with E-state index in [4.69, 9.17) is 0 Å². The summed E-state index contributed by atoms with van der Waals surface area (Å²) in [5.41, 5.74) is 1.45. The molecule has 0 amide bonds. The Morgan fingerprint density at radius 2 is 0.690 bits per heavy atom. The molecule has 0 radical (unpaired) electrons. The smallest absolute Gasteiger partial charge is 0.200 e. The van der Waals surface area contributed by atoms with Crippen LogP contribution in [0, 0.1) is 5.92 Å². The van der Waals surface area contributed by atoms with Crippen molar-refractivity contribution in [2.24, 2.45) is 5.92 Å². The lowest BCUT2D eigenvalue weighted by Crippen LogP contribution is -2.19. The van der Waals surface area contributed by atoms with Crippen molar-refractivity contribution in [3.8, 4) is 69.0 Å². The fraction of sp³-hybridized carbons (Fsp3) is 0.200. The van der Waals surface area contributed by atoms with E-state index < -0.39 is 80.8 Å². The molecule has 0 saturated heterocycles. The Hall–Kier alpha value is -5.52. The molecular weight excluding hydrogens is 552 g/mol. The summed E-state index contributed by atoms with van der Waals surface area (Å²) < 4.78 is 0. The minimum absolute atomic E-state index is 0.0256. The second-order valence-electron chi connectivity index (χ2n) is 10.2. The third-order valence-electron chi connectivity index (χ3n) is 7.23. The van der Waals surface area contributed by atoms with Crippen molar-refractivity contribution >= 4 is 0 Å². The van der Waals surface area contributed by atoms with Gasteiger partial charge < -0.3 is 61.3 Å². The Balaban J connectivity index is 1.83. The second kappa shape index (κ2) is 11.5. The van der Waals surface area contributed by atoms with Gasteiger partial charge in [0.15, 0.2) is 69.0 Å². The normalized spacial score (nSPS) is 12.7. The Bertz CT molecular complexity index is 1540. The van der Waals surface area contributed by atoms with E-state index in [1.807, 2.05) is 0 Å². The molecule has 0 unspecified atom stereocenters. The number of phenolic OH excluding ortho intramolecular Hbond substituents is 12. The molecular formula is C30H30O12. The summed E-state index contributed by atoms with van der Waals surface area (Å²) in [7, 11) is 0. The topological polar surface area (TPSA) is 243 Å². The number of benzene rings is 4. The summed E-state index contributed by atoms with van der Waals surface area (Å²) >= 11 is 0. The molecule has 4 aromatic carbocycles. The van der Waals surface area contributed by atoms with E-state index in [2.05, 4.69) is 0 Å². The van der Waals surface area contributed by atoms with Crippen molar-refractivity contribution in [1.29, 1.82) is 0 Å². The quantitative estimate of drug-likeness (QED) is 0.125. The average Bonchev–Trinajstić information content (AvgIpc) is 2.92. The van der Waals surface area contributed by atoms with Gasteiger partial charge >= 0.3 is 0 Å². The first-order valence-electron chi connectivity index (χ1n) is 12.7. The Morgan fingerprint density at radius 3 is 1.07 bits per heavy atom. The maximum absolute atomic E-state index is 10.3. The van der Waals surface area contributed by atoms with Crippen LogP contribution in [0.2, 0.25) is 0 Å². The van der Waals surface area contributed by atoms with Crippen molar-refractivity contribution in [1.82, 2.24) is 0 Å². The lowest BCUT2D eigenvalue weighted by Gasteiger charge is -2.29. The molecule has 0 spiro atoms. The second-order valence-corrected chi connectivity index (χ2v) is 10.2. The SMILES string of the molecule is Oc1cc(CC[C@@H](Cc2cc(O)c(O)c(O)c2)[C@H](Cc2cc(O)c(O)c(O)c2)c2cc(O)c(O)c(O)c2)cc(O)c1O. The van der Waals surface area contributed by atoms with Crippen LogP contribution in [0.1, 0.15) is 34.6 Å². The number of aryl methyl sites for hydroxylation is 1. The largest absolute Gasteiger partial charge is 0.504 e. The molecule has 0 fully saturated rings. The Kier molecular flexibility index (Phi) is 8.09. The maximum atomic E-state index is 10.3. The van der Waals surface area contributed by atoms with Crippen LogP contribution in [-0.2, 0) is 19.3 Å². The van der Waals surface area contributed by atoms with E-state index in [0.717, 1.165) is 0 Å². The van der Waals surface area contributed by atoms with Gasteiger partial charge in [-0.25, -0.2) is 0 Å². The molecule has 12 heteroatoms. The highest BCUT2D eigenvalue weighted by atomic mass is 16.3. The van der Waals surface area contributed by atoms with Gasteiger partial charge in [-0.2, -0.15) is 0 Å². The Labute approximate surface area is 238 Å². The van der Waals surface area contributed by atoms with Gasteiger partial charge in [0.05, 0.1) is 0 Å². The van der Waals surface area contributed by atoms with Crippen molar-refractivity contribution in [2.75, 3.05) is 0 Å². The summed E-state index contributed by atoms with van der Waals surface area (Å²) in [6.45, 7) is 0. The lowest BCUT2D eigenvalue weighted by molar-refractivity contribution is 0.352. The molecule has 222 valence electrons. The molecule has 4 rings (SSSR count). The summed E-state index contributed by atoms with van der Waals surface area (Å²) in [6.07, 6.45) is 0.564. The number of hydrogen-bond donors (Lipinski definition) is 12. The van der Waals surface area contributed by atoms with Gasteiger partial charge in [-0.3, -0.25) is 0 Å². The van der Waals surface area contributed by atoms with E-state index in [-0.39, 0.29) is 25.7 Å². The number of rotatable bonds is 9. The highest BCUT2D eigenvalue weighted by Crippen LogP contribution is 2.45. The molecule has 42 heavy (non-hydrogen) atoms. The van der Waals surface area contributed by atoms with Gasteiger partial charge in [0.1, 0.15) is 0 Å². The van der Waals surface area contributed by atoms with Gasteiger partial charge in [-0.15, -0.1) is 0 Å².